The maximum Gasteiger partial charge on any atom is 0.142 e. The molecule has 2 fully saturated rings. The van der Waals surface area contributed by atoms with Crippen molar-refractivity contribution in [3.05, 3.63) is 34.6 Å². The standard InChI is InChI=1S/C17H24ClFN2O/c1-21-7-4-13(11-20-14-5-8-22-9-6-14)17(21)12-2-3-15(18)16(19)10-12/h2-3,10,13-14,17,20H,4-9,11H2,1H3/t13-,17+/m1/s1. The Bertz CT molecular complexity index is 507. The summed E-state index contributed by atoms with van der Waals surface area (Å²) >= 11 is 5.81. The molecule has 1 aromatic rings. The van der Waals surface area contributed by atoms with E-state index in [9.17, 15) is 4.39 Å². The Morgan fingerprint density at radius 2 is 2.09 bits per heavy atom. The Labute approximate surface area is 136 Å². The first-order valence-electron chi connectivity index (χ1n) is 8.11. The van der Waals surface area contributed by atoms with Crippen LogP contribution in [-0.4, -0.2) is 44.3 Å². The molecule has 3 nitrogen and oxygen atoms in total. The molecule has 0 aromatic heterocycles. The predicted molar refractivity (Wildman–Crippen MR) is 86.7 cm³/mol. The molecule has 2 heterocycles. The zero-order valence-corrected chi connectivity index (χ0v) is 13.8. The van der Waals surface area contributed by atoms with Crippen LogP contribution in [0.15, 0.2) is 18.2 Å². The van der Waals surface area contributed by atoms with Gasteiger partial charge in [-0.2, -0.15) is 0 Å². The number of nitrogens with one attached hydrogen (secondary N) is 1. The highest BCUT2D eigenvalue weighted by Gasteiger charge is 2.33. The summed E-state index contributed by atoms with van der Waals surface area (Å²) in [6.07, 6.45) is 3.31. The van der Waals surface area contributed by atoms with Crippen molar-refractivity contribution in [1.82, 2.24) is 10.2 Å². The summed E-state index contributed by atoms with van der Waals surface area (Å²) in [5.74, 6) is 0.184. The van der Waals surface area contributed by atoms with E-state index in [1.807, 2.05) is 6.07 Å². The van der Waals surface area contributed by atoms with Crippen molar-refractivity contribution in [3.63, 3.8) is 0 Å². The summed E-state index contributed by atoms with van der Waals surface area (Å²) in [5.41, 5.74) is 1.03. The van der Waals surface area contributed by atoms with E-state index in [4.69, 9.17) is 16.3 Å². The molecule has 1 N–H and O–H groups in total. The zero-order valence-electron chi connectivity index (χ0n) is 13.0. The second-order valence-corrected chi connectivity index (χ2v) is 6.85. The van der Waals surface area contributed by atoms with Crippen LogP contribution >= 0.6 is 11.6 Å². The first-order chi connectivity index (χ1) is 10.6. The summed E-state index contributed by atoms with van der Waals surface area (Å²) in [6, 6.07) is 6.04. The quantitative estimate of drug-likeness (QED) is 0.919. The average Bonchev–Trinajstić information content (AvgIpc) is 2.90. The smallest absolute Gasteiger partial charge is 0.142 e. The third-order valence-corrected chi connectivity index (χ3v) is 5.26. The number of nitrogens with zero attached hydrogens (tertiary/aromatic N) is 1. The number of hydrogen-bond acceptors (Lipinski definition) is 3. The Balaban J connectivity index is 1.66. The minimum Gasteiger partial charge on any atom is -0.381 e. The number of rotatable bonds is 4. The van der Waals surface area contributed by atoms with Crippen LogP contribution in [0.4, 0.5) is 4.39 Å². The molecule has 2 saturated heterocycles. The molecule has 22 heavy (non-hydrogen) atoms. The van der Waals surface area contributed by atoms with E-state index >= 15 is 0 Å². The van der Waals surface area contributed by atoms with Crippen molar-refractivity contribution in [2.24, 2.45) is 5.92 Å². The fraction of sp³-hybridized carbons (Fsp3) is 0.647. The third-order valence-electron chi connectivity index (χ3n) is 4.95. The monoisotopic (exact) mass is 326 g/mol. The molecule has 0 saturated carbocycles. The molecule has 2 aliphatic heterocycles. The van der Waals surface area contributed by atoms with Gasteiger partial charge in [0.1, 0.15) is 5.82 Å². The van der Waals surface area contributed by atoms with Crippen LogP contribution in [0.25, 0.3) is 0 Å². The van der Waals surface area contributed by atoms with Crippen LogP contribution in [0.1, 0.15) is 30.9 Å². The third kappa shape index (κ3) is 3.62. The molecule has 0 bridgehead atoms. The van der Waals surface area contributed by atoms with E-state index in [1.165, 1.54) is 0 Å². The molecule has 1 aromatic carbocycles. The minimum atomic E-state index is -0.324. The van der Waals surface area contributed by atoms with Gasteiger partial charge in [-0.25, -0.2) is 4.39 Å². The summed E-state index contributed by atoms with van der Waals surface area (Å²) in [5, 5.41) is 3.88. The van der Waals surface area contributed by atoms with Gasteiger partial charge in [-0.1, -0.05) is 17.7 Å². The van der Waals surface area contributed by atoms with Crippen molar-refractivity contribution in [1.29, 1.82) is 0 Å². The zero-order chi connectivity index (χ0) is 15.5. The fourth-order valence-corrected chi connectivity index (χ4v) is 3.80. The SMILES string of the molecule is CN1CC[C@H](CNC2CCOCC2)[C@@H]1c1ccc(Cl)c(F)c1. The van der Waals surface area contributed by atoms with Crippen LogP contribution < -0.4 is 5.32 Å². The molecule has 0 radical (unpaired) electrons. The van der Waals surface area contributed by atoms with Crippen LogP contribution in [0.2, 0.25) is 5.02 Å². The lowest BCUT2D eigenvalue weighted by atomic mass is 9.93. The first-order valence-corrected chi connectivity index (χ1v) is 8.49. The van der Waals surface area contributed by atoms with Crippen molar-refractivity contribution < 1.29 is 9.13 Å². The molecule has 0 spiro atoms. The van der Waals surface area contributed by atoms with Crippen LogP contribution in [0.5, 0.6) is 0 Å². The molecule has 0 amide bonds. The van der Waals surface area contributed by atoms with Crippen LogP contribution in [0.3, 0.4) is 0 Å². The highest BCUT2D eigenvalue weighted by Crippen LogP contribution is 2.36. The van der Waals surface area contributed by atoms with Gasteiger partial charge in [0.25, 0.3) is 0 Å². The molecule has 5 heteroatoms. The van der Waals surface area contributed by atoms with E-state index in [1.54, 1.807) is 12.1 Å². The van der Waals surface area contributed by atoms with Gasteiger partial charge in [0.15, 0.2) is 0 Å². The van der Waals surface area contributed by atoms with E-state index in [0.29, 0.717) is 12.0 Å². The van der Waals surface area contributed by atoms with Gasteiger partial charge < -0.3 is 10.1 Å². The lowest BCUT2D eigenvalue weighted by Crippen LogP contribution is -2.38. The summed E-state index contributed by atoms with van der Waals surface area (Å²) in [7, 11) is 2.12. The number of ether oxygens (including phenoxy) is 1. The van der Waals surface area contributed by atoms with Gasteiger partial charge in [0.05, 0.1) is 5.02 Å². The van der Waals surface area contributed by atoms with E-state index in [0.717, 1.165) is 51.1 Å². The Morgan fingerprint density at radius 3 is 2.82 bits per heavy atom. The van der Waals surface area contributed by atoms with Crippen molar-refractivity contribution in [3.8, 4) is 0 Å². The lowest BCUT2D eigenvalue weighted by Gasteiger charge is -2.29. The van der Waals surface area contributed by atoms with Crippen LogP contribution in [-0.2, 0) is 4.74 Å². The first kappa shape index (κ1) is 16.2. The molecular formula is C17H24ClFN2O. The van der Waals surface area contributed by atoms with Crippen LogP contribution in [0, 0.1) is 11.7 Å². The Hall–Kier alpha value is -0.680. The maximum absolute atomic E-state index is 13.8. The lowest BCUT2D eigenvalue weighted by molar-refractivity contribution is 0.0763. The van der Waals surface area contributed by atoms with E-state index < -0.39 is 0 Å². The minimum absolute atomic E-state index is 0.196. The van der Waals surface area contributed by atoms with Crippen molar-refractivity contribution in [2.75, 3.05) is 33.4 Å². The van der Waals surface area contributed by atoms with Gasteiger partial charge in [0.2, 0.25) is 0 Å². The van der Waals surface area contributed by atoms with Gasteiger partial charge in [0, 0.05) is 31.8 Å². The average molecular weight is 327 g/mol. The summed E-state index contributed by atoms with van der Waals surface area (Å²) in [6.45, 7) is 3.74. The number of halogens is 2. The highest BCUT2D eigenvalue weighted by atomic mass is 35.5. The second kappa shape index (κ2) is 7.26. The van der Waals surface area contributed by atoms with Gasteiger partial charge in [-0.3, -0.25) is 4.90 Å². The number of benzene rings is 1. The fourth-order valence-electron chi connectivity index (χ4n) is 3.68. The number of likely N-dealkylation sites (tertiary alicyclic amines) is 1. The molecule has 0 unspecified atom stereocenters. The van der Waals surface area contributed by atoms with E-state index in [-0.39, 0.29) is 16.9 Å². The Kier molecular flexibility index (Phi) is 5.34. The van der Waals surface area contributed by atoms with Crippen molar-refractivity contribution >= 4 is 11.6 Å². The topological polar surface area (TPSA) is 24.5 Å². The number of hydrogen-bond donors (Lipinski definition) is 1. The highest BCUT2D eigenvalue weighted by molar-refractivity contribution is 6.30. The molecule has 0 aliphatic carbocycles. The molecule has 3 rings (SSSR count). The van der Waals surface area contributed by atoms with E-state index in [2.05, 4.69) is 17.3 Å². The molecule has 2 atom stereocenters. The largest absolute Gasteiger partial charge is 0.381 e. The van der Waals surface area contributed by atoms with Crippen molar-refractivity contribution in [2.45, 2.75) is 31.3 Å². The summed E-state index contributed by atoms with van der Waals surface area (Å²) < 4.78 is 19.2. The summed E-state index contributed by atoms with van der Waals surface area (Å²) in [4.78, 5) is 2.32. The second-order valence-electron chi connectivity index (χ2n) is 6.44. The van der Waals surface area contributed by atoms with Gasteiger partial charge in [-0.15, -0.1) is 0 Å². The normalized spacial score (nSPS) is 27.4. The maximum atomic E-state index is 13.8. The predicted octanol–water partition coefficient (Wildman–Crippen LogP) is 3.24. The molecule has 122 valence electrons. The van der Waals surface area contributed by atoms with Gasteiger partial charge in [-0.05, 0) is 56.5 Å². The molecule has 2 aliphatic rings. The van der Waals surface area contributed by atoms with Gasteiger partial charge >= 0.3 is 0 Å². The molecular weight excluding hydrogens is 303 g/mol. The Morgan fingerprint density at radius 1 is 1.32 bits per heavy atom.